The van der Waals surface area contributed by atoms with Crippen LogP contribution < -0.4 is 10.2 Å². The van der Waals surface area contributed by atoms with Crippen molar-refractivity contribution in [1.82, 2.24) is 0 Å². The van der Waals surface area contributed by atoms with Gasteiger partial charge in [-0.25, -0.2) is 9.59 Å². The van der Waals surface area contributed by atoms with Crippen molar-refractivity contribution in [3.8, 4) is 0 Å². The summed E-state index contributed by atoms with van der Waals surface area (Å²) in [5.74, 6) is -4.06. The van der Waals surface area contributed by atoms with E-state index in [0.717, 1.165) is 16.8 Å². The summed E-state index contributed by atoms with van der Waals surface area (Å²) in [6, 6.07) is 22.1. The lowest BCUT2D eigenvalue weighted by Gasteiger charge is -2.26. The fraction of sp³-hybridized carbons (Fsp3) is 0.192. The number of anilines is 2. The van der Waals surface area contributed by atoms with Crippen LogP contribution in [0.4, 0.5) is 24.5 Å². The molecule has 0 aliphatic heterocycles. The molecule has 0 saturated heterocycles. The van der Waals surface area contributed by atoms with Crippen LogP contribution in [0.1, 0.15) is 38.8 Å². The molecule has 0 bridgehead atoms. The molecular formula is C26H25F3N2O5. The number of hydrogen-bond donors (Lipinski definition) is 3. The Labute approximate surface area is 205 Å². The molecule has 3 N–H and O–H groups in total. The van der Waals surface area contributed by atoms with E-state index in [0.29, 0.717) is 24.3 Å². The number of carbonyl (C=O) groups is 3. The summed E-state index contributed by atoms with van der Waals surface area (Å²) in [4.78, 5) is 35.2. The fourth-order valence-electron chi connectivity index (χ4n) is 3.12. The standard InChI is InChI=1S/C24H24N2O3.C2HF3O2/c1-3-26(16-18-7-5-4-6-8-18)22-14-13-20(24(28)29)15-21(22)25-23(27)19-11-9-17(2)10-12-19;3-2(4,5)1(6)7/h4-15H,3,16H2,1-2H3,(H,25,27)(H,28,29);(H,6,7). The minimum absolute atomic E-state index is 0.128. The summed E-state index contributed by atoms with van der Waals surface area (Å²) < 4.78 is 31.7. The van der Waals surface area contributed by atoms with Crippen LogP contribution in [0, 0.1) is 6.92 Å². The van der Waals surface area contributed by atoms with Gasteiger partial charge in [0.2, 0.25) is 0 Å². The van der Waals surface area contributed by atoms with E-state index in [-0.39, 0.29) is 11.5 Å². The van der Waals surface area contributed by atoms with Gasteiger partial charge in [-0.05, 0) is 49.7 Å². The molecule has 0 spiro atoms. The number of benzene rings is 3. The number of halogens is 3. The van der Waals surface area contributed by atoms with Crippen molar-refractivity contribution in [3.05, 3.63) is 95.1 Å². The largest absolute Gasteiger partial charge is 0.490 e. The number of carboxylic acids is 2. The molecule has 3 aromatic carbocycles. The molecule has 0 saturated carbocycles. The second-order valence-corrected chi connectivity index (χ2v) is 7.66. The molecule has 190 valence electrons. The Bertz CT molecular complexity index is 1200. The van der Waals surface area contributed by atoms with Crippen molar-refractivity contribution in [2.24, 2.45) is 0 Å². The van der Waals surface area contributed by atoms with Crippen LogP contribution in [-0.2, 0) is 11.3 Å². The van der Waals surface area contributed by atoms with Gasteiger partial charge in [-0.15, -0.1) is 0 Å². The Kier molecular flexibility index (Phi) is 9.60. The number of aryl methyl sites for hydroxylation is 1. The molecule has 0 radical (unpaired) electrons. The maximum Gasteiger partial charge on any atom is 0.490 e. The minimum Gasteiger partial charge on any atom is -0.478 e. The molecule has 0 aliphatic carbocycles. The average Bonchev–Trinajstić information content (AvgIpc) is 2.83. The number of hydrogen-bond acceptors (Lipinski definition) is 4. The Morgan fingerprint density at radius 3 is 1.94 bits per heavy atom. The van der Waals surface area contributed by atoms with Gasteiger partial charge >= 0.3 is 18.1 Å². The summed E-state index contributed by atoms with van der Waals surface area (Å²) in [5.41, 5.74) is 4.11. The number of aromatic carboxylic acids is 1. The van der Waals surface area contributed by atoms with Gasteiger partial charge in [0, 0.05) is 18.7 Å². The van der Waals surface area contributed by atoms with Crippen LogP contribution >= 0.6 is 0 Å². The first-order valence-corrected chi connectivity index (χ1v) is 10.8. The molecule has 0 unspecified atom stereocenters. The summed E-state index contributed by atoms with van der Waals surface area (Å²) in [5, 5.41) is 19.4. The maximum atomic E-state index is 12.8. The molecule has 10 heteroatoms. The third kappa shape index (κ3) is 8.15. The average molecular weight is 502 g/mol. The highest BCUT2D eigenvalue weighted by Gasteiger charge is 2.38. The molecule has 1 amide bonds. The van der Waals surface area contributed by atoms with Crippen molar-refractivity contribution in [1.29, 1.82) is 0 Å². The van der Waals surface area contributed by atoms with Crippen molar-refractivity contribution in [2.45, 2.75) is 26.6 Å². The molecule has 3 rings (SSSR count). The van der Waals surface area contributed by atoms with Gasteiger partial charge in [-0.2, -0.15) is 13.2 Å². The SMILES string of the molecule is CCN(Cc1ccccc1)c1ccc(C(=O)O)cc1NC(=O)c1ccc(C)cc1.O=C(O)C(F)(F)F. The highest BCUT2D eigenvalue weighted by molar-refractivity contribution is 6.06. The number of carbonyl (C=O) groups excluding carboxylic acids is 1. The summed E-state index contributed by atoms with van der Waals surface area (Å²) in [7, 11) is 0. The van der Waals surface area contributed by atoms with Crippen LogP contribution in [0.5, 0.6) is 0 Å². The zero-order valence-corrected chi connectivity index (χ0v) is 19.5. The Hall–Kier alpha value is -4.34. The van der Waals surface area contributed by atoms with Gasteiger partial charge in [0.1, 0.15) is 0 Å². The van der Waals surface area contributed by atoms with Crippen LogP contribution in [0.15, 0.2) is 72.8 Å². The number of nitrogens with one attached hydrogen (secondary N) is 1. The highest BCUT2D eigenvalue weighted by atomic mass is 19.4. The Morgan fingerprint density at radius 1 is 0.889 bits per heavy atom. The van der Waals surface area contributed by atoms with Gasteiger partial charge in [0.05, 0.1) is 16.9 Å². The molecule has 0 atom stereocenters. The van der Waals surface area contributed by atoms with Gasteiger partial charge in [0.25, 0.3) is 5.91 Å². The number of carboxylic acid groups (broad SMARTS) is 2. The number of nitrogens with zero attached hydrogens (tertiary/aromatic N) is 1. The van der Waals surface area contributed by atoms with Crippen molar-refractivity contribution in [2.75, 3.05) is 16.8 Å². The molecule has 3 aromatic rings. The van der Waals surface area contributed by atoms with E-state index in [1.54, 1.807) is 24.3 Å². The van der Waals surface area contributed by atoms with E-state index < -0.39 is 18.1 Å². The van der Waals surface area contributed by atoms with E-state index in [4.69, 9.17) is 9.90 Å². The highest BCUT2D eigenvalue weighted by Crippen LogP contribution is 2.29. The molecular weight excluding hydrogens is 477 g/mol. The molecule has 36 heavy (non-hydrogen) atoms. The first-order valence-electron chi connectivity index (χ1n) is 10.8. The summed E-state index contributed by atoms with van der Waals surface area (Å²) in [6.07, 6.45) is -5.08. The summed E-state index contributed by atoms with van der Waals surface area (Å²) in [6.45, 7) is 5.34. The number of aliphatic carboxylic acids is 1. The van der Waals surface area contributed by atoms with Crippen molar-refractivity contribution >= 4 is 29.2 Å². The third-order valence-electron chi connectivity index (χ3n) is 4.99. The Morgan fingerprint density at radius 2 is 1.44 bits per heavy atom. The van der Waals surface area contributed by atoms with Crippen molar-refractivity contribution < 1.29 is 37.8 Å². The predicted octanol–water partition coefficient (Wildman–Crippen LogP) is 5.61. The van der Waals surface area contributed by atoms with Crippen LogP contribution in [0.2, 0.25) is 0 Å². The predicted molar refractivity (Wildman–Crippen MR) is 129 cm³/mol. The molecule has 0 fully saturated rings. The van der Waals surface area contributed by atoms with Gasteiger partial charge in [0.15, 0.2) is 0 Å². The zero-order chi connectivity index (χ0) is 26.9. The van der Waals surface area contributed by atoms with Crippen LogP contribution in [-0.4, -0.2) is 40.8 Å². The van der Waals surface area contributed by atoms with E-state index >= 15 is 0 Å². The van der Waals surface area contributed by atoms with Gasteiger partial charge < -0.3 is 20.4 Å². The normalized spacial score (nSPS) is 10.6. The molecule has 0 heterocycles. The first-order chi connectivity index (χ1) is 16.9. The molecule has 0 aromatic heterocycles. The summed E-state index contributed by atoms with van der Waals surface area (Å²) >= 11 is 0. The van der Waals surface area contributed by atoms with Gasteiger partial charge in [-0.3, -0.25) is 4.79 Å². The topological polar surface area (TPSA) is 107 Å². The number of alkyl halides is 3. The molecule has 0 aliphatic rings. The van der Waals surface area contributed by atoms with E-state index in [1.807, 2.05) is 56.3 Å². The van der Waals surface area contributed by atoms with E-state index in [1.165, 1.54) is 6.07 Å². The lowest BCUT2D eigenvalue weighted by Crippen LogP contribution is -2.24. The zero-order valence-electron chi connectivity index (χ0n) is 19.5. The smallest absolute Gasteiger partial charge is 0.478 e. The number of amides is 1. The lowest BCUT2D eigenvalue weighted by molar-refractivity contribution is -0.192. The maximum absolute atomic E-state index is 12.8. The lowest BCUT2D eigenvalue weighted by atomic mass is 10.1. The van der Waals surface area contributed by atoms with Gasteiger partial charge in [-0.1, -0.05) is 48.0 Å². The van der Waals surface area contributed by atoms with Crippen LogP contribution in [0.3, 0.4) is 0 Å². The third-order valence-corrected chi connectivity index (χ3v) is 4.99. The van der Waals surface area contributed by atoms with E-state index in [9.17, 15) is 27.9 Å². The Balaban J connectivity index is 0.000000572. The minimum atomic E-state index is -5.08. The second-order valence-electron chi connectivity index (χ2n) is 7.66. The van der Waals surface area contributed by atoms with Crippen LogP contribution in [0.25, 0.3) is 0 Å². The second kappa shape index (κ2) is 12.4. The monoisotopic (exact) mass is 502 g/mol. The van der Waals surface area contributed by atoms with Crippen molar-refractivity contribution in [3.63, 3.8) is 0 Å². The first kappa shape index (κ1) is 27.9. The molecule has 7 nitrogen and oxygen atoms in total. The number of rotatable bonds is 7. The van der Waals surface area contributed by atoms with E-state index in [2.05, 4.69) is 10.2 Å². The fourth-order valence-corrected chi connectivity index (χ4v) is 3.12. The quantitative estimate of drug-likeness (QED) is 0.388.